The van der Waals surface area contributed by atoms with E-state index >= 15 is 0 Å². The summed E-state index contributed by atoms with van der Waals surface area (Å²) < 4.78 is 8.65. The van der Waals surface area contributed by atoms with E-state index in [1.54, 1.807) is 0 Å². The van der Waals surface area contributed by atoms with Gasteiger partial charge >= 0.3 is 0 Å². The number of aromatic amines is 1. The van der Waals surface area contributed by atoms with Crippen LogP contribution in [0.25, 0.3) is 22.3 Å². The SMILES string of the molecule is Cc1ncc(-c2cc(OC(C)[C@H]3CNC(=O)C3)c3c(c2)ncn3C2CC2)[nH]1. The third-order valence-electron chi connectivity index (χ3n) is 5.57. The first-order valence-corrected chi connectivity index (χ1v) is 9.54. The predicted octanol–water partition coefficient (Wildman–Crippen LogP) is 2.97. The fourth-order valence-corrected chi connectivity index (χ4v) is 3.83. The van der Waals surface area contributed by atoms with Crippen LogP contribution in [0, 0.1) is 12.8 Å². The lowest BCUT2D eigenvalue weighted by molar-refractivity contribution is -0.119. The molecule has 7 heteroatoms. The van der Waals surface area contributed by atoms with Crippen LogP contribution in [0.5, 0.6) is 5.75 Å². The number of hydrogen-bond donors (Lipinski definition) is 2. The third-order valence-corrected chi connectivity index (χ3v) is 5.57. The van der Waals surface area contributed by atoms with Crippen molar-refractivity contribution in [2.24, 2.45) is 5.92 Å². The molecule has 2 fully saturated rings. The van der Waals surface area contributed by atoms with Crippen molar-refractivity contribution in [1.29, 1.82) is 0 Å². The number of ether oxygens (including phenoxy) is 1. The van der Waals surface area contributed by atoms with Gasteiger partial charge in [-0.3, -0.25) is 4.79 Å². The quantitative estimate of drug-likeness (QED) is 0.728. The van der Waals surface area contributed by atoms with Crippen LogP contribution in [0.4, 0.5) is 0 Å². The van der Waals surface area contributed by atoms with E-state index in [9.17, 15) is 4.79 Å². The van der Waals surface area contributed by atoms with Crippen LogP contribution >= 0.6 is 0 Å². The molecule has 1 aliphatic heterocycles. The first kappa shape index (κ1) is 16.4. The highest BCUT2D eigenvalue weighted by Crippen LogP contribution is 2.41. The van der Waals surface area contributed by atoms with Crippen LogP contribution in [0.15, 0.2) is 24.7 Å². The van der Waals surface area contributed by atoms with Gasteiger partial charge in [-0.1, -0.05) is 0 Å². The average molecular weight is 365 g/mol. The van der Waals surface area contributed by atoms with Gasteiger partial charge in [0.25, 0.3) is 0 Å². The van der Waals surface area contributed by atoms with Gasteiger partial charge in [0, 0.05) is 30.5 Å². The van der Waals surface area contributed by atoms with Crippen molar-refractivity contribution < 1.29 is 9.53 Å². The van der Waals surface area contributed by atoms with Gasteiger partial charge in [0.2, 0.25) is 5.91 Å². The molecule has 2 N–H and O–H groups in total. The number of carbonyl (C=O) groups is 1. The zero-order valence-electron chi connectivity index (χ0n) is 15.5. The molecule has 0 spiro atoms. The number of aryl methyl sites for hydroxylation is 1. The second-order valence-corrected chi connectivity index (χ2v) is 7.70. The Kier molecular flexibility index (Phi) is 3.70. The summed E-state index contributed by atoms with van der Waals surface area (Å²) in [5, 5.41) is 2.90. The van der Waals surface area contributed by atoms with Crippen molar-refractivity contribution in [3.8, 4) is 17.0 Å². The number of imidazole rings is 2. The molecule has 5 rings (SSSR count). The zero-order chi connectivity index (χ0) is 18.5. The Morgan fingerprint density at radius 2 is 2.15 bits per heavy atom. The Balaban J connectivity index is 1.56. The minimum absolute atomic E-state index is 0.0616. The van der Waals surface area contributed by atoms with Gasteiger partial charge in [0.05, 0.1) is 23.7 Å². The van der Waals surface area contributed by atoms with E-state index in [1.165, 1.54) is 12.8 Å². The van der Waals surface area contributed by atoms with E-state index in [2.05, 4.69) is 37.0 Å². The van der Waals surface area contributed by atoms with E-state index < -0.39 is 0 Å². The summed E-state index contributed by atoms with van der Waals surface area (Å²) in [7, 11) is 0. The molecule has 2 aromatic heterocycles. The number of nitrogens with one attached hydrogen (secondary N) is 2. The normalized spacial score (nSPS) is 20.8. The fraction of sp³-hybridized carbons (Fsp3) is 0.450. The molecule has 27 heavy (non-hydrogen) atoms. The third kappa shape index (κ3) is 2.97. The molecule has 1 unspecified atom stereocenters. The number of amides is 1. The molecular formula is C20H23N5O2. The molecule has 3 aromatic rings. The van der Waals surface area contributed by atoms with E-state index in [-0.39, 0.29) is 17.9 Å². The highest BCUT2D eigenvalue weighted by molar-refractivity contribution is 5.87. The lowest BCUT2D eigenvalue weighted by Gasteiger charge is -2.21. The Morgan fingerprint density at radius 3 is 2.81 bits per heavy atom. The van der Waals surface area contributed by atoms with E-state index in [0.717, 1.165) is 33.9 Å². The van der Waals surface area contributed by atoms with Crippen molar-refractivity contribution in [3.63, 3.8) is 0 Å². The van der Waals surface area contributed by atoms with Crippen molar-refractivity contribution in [1.82, 2.24) is 24.8 Å². The molecule has 7 nitrogen and oxygen atoms in total. The number of fused-ring (bicyclic) bond motifs is 1. The lowest BCUT2D eigenvalue weighted by Crippen LogP contribution is -2.25. The van der Waals surface area contributed by atoms with Gasteiger partial charge in [0.1, 0.15) is 23.2 Å². The first-order chi connectivity index (χ1) is 13.1. The molecule has 3 heterocycles. The van der Waals surface area contributed by atoms with E-state index in [4.69, 9.17) is 4.74 Å². The second-order valence-electron chi connectivity index (χ2n) is 7.70. The average Bonchev–Trinajstić information content (AvgIpc) is 3.04. The molecule has 0 bridgehead atoms. The van der Waals surface area contributed by atoms with Crippen LogP contribution in [0.3, 0.4) is 0 Å². The number of benzene rings is 1. The maximum absolute atomic E-state index is 11.6. The summed E-state index contributed by atoms with van der Waals surface area (Å²) in [6, 6.07) is 4.67. The number of H-pyrrole nitrogens is 1. The summed E-state index contributed by atoms with van der Waals surface area (Å²) in [5.74, 6) is 1.99. The van der Waals surface area contributed by atoms with Gasteiger partial charge in [-0.2, -0.15) is 0 Å². The van der Waals surface area contributed by atoms with Gasteiger partial charge < -0.3 is 19.6 Å². The smallest absolute Gasteiger partial charge is 0.220 e. The fourth-order valence-electron chi connectivity index (χ4n) is 3.83. The molecule has 1 amide bonds. The molecule has 1 aliphatic carbocycles. The highest BCUT2D eigenvalue weighted by atomic mass is 16.5. The zero-order valence-corrected chi connectivity index (χ0v) is 15.5. The van der Waals surface area contributed by atoms with Gasteiger partial charge in [-0.05, 0) is 38.8 Å². The number of rotatable bonds is 5. The highest BCUT2D eigenvalue weighted by Gasteiger charge is 2.30. The standard InChI is InChI=1S/C20H23N5O2/c1-11(14-7-19(26)22-8-14)27-18-6-13(17-9-21-12(2)24-17)5-16-20(18)25(10-23-16)15-3-4-15/h5-6,9-11,14-15H,3-4,7-8H2,1-2H3,(H,21,24)(H,22,26)/t11?,14-/m1/s1. The lowest BCUT2D eigenvalue weighted by atomic mass is 10.0. The molecule has 1 saturated heterocycles. The Morgan fingerprint density at radius 1 is 1.30 bits per heavy atom. The van der Waals surface area contributed by atoms with Crippen molar-refractivity contribution in [2.75, 3.05) is 6.54 Å². The van der Waals surface area contributed by atoms with Gasteiger partial charge in [0.15, 0.2) is 0 Å². The van der Waals surface area contributed by atoms with Crippen LogP contribution in [-0.4, -0.2) is 38.1 Å². The summed E-state index contributed by atoms with van der Waals surface area (Å²) >= 11 is 0. The second kappa shape index (κ2) is 6.11. The van der Waals surface area contributed by atoms with Gasteiger partial charge in [-0.25, -0.2) is 9.97 Å². The maximum atomic E-state index is 11.6. The van der Waals surface area contributed by atoms with Crippen molar-refractivity contribution in [2.45, 2.75) is 45.3 Å². The van der Waals surface area contributed by atoms with Crippen molar-refractivity contribution >= 4 is 16.9 Å². The molecule has 2 aliphatic rings. The molecule has 2 atom stereocenters. The van der Waals surface area contributed by atoms with E-state index in [0.29, 0.717) is 19.0 Å². The molecule has 0 radical (unpaired) electrons. The summed E-state index contributed by atoms with van der Waals surface area (Å²) in [4.78, 5) is 23.8. The molecule has 140 valence electrons. The van der Waals surface area contributed by atoms with Gasteiger partial charge in [-0.15, -0.1) is 0 Å². The Labute approximate surface area is 157 Å². The Bertz CT molecular complexity index is 1020. The van der Waals surface area contributed by atoms with Crippen LogP contribution in [-0.2, 0) is 4.79 Å². The molecular weight excluding hydrogens is 342 g/mol. The topological polar surface area (TPSA) is 84.8 Å². The minimum atomic E-state index is -0.0616. The Hall–Kier alpha value is -2.83. The van der Waals surface area contributed by atoms with E-state index in [1.807, 2.05) is 26.4 Å². The van der Waals surface area contributed by atoms with Crippen LogP contribution in [0.1, 0.15) is 38.1 Å². The maximum Gasteiger partial charge on any atom is 0.220 e. The summed E-state index contributed by atoms with van der Waals surface area (Å²) in [5.41, 5.74) is 3.92. The number of aromatic nitrogens is 4. The first-order valence-electron chi connectivity index (χ1n) is 9.54. The summed E-state index contributed by atoms with van der Waals surface area (Å²) in [6.45, 7) is 4.65. The number of carbonyl (C=O) groups excluding carboxylic acids is 1. The largest absolute Gasteiger partial charge is 0.488 e. The summed E-state index contributed by atoms with van der Waals surface area (Å²) in [6.07, 6.45) is 6.58. The minimum Gasteiger partial charge on any atom is -0.488 e. The van der Waals surface area contributed by atoms with Crippen LogP contribution < -0.4 is 10.1 Å². The monoisotopic (exact) mass is 365 g/mol. The molecule has 1 aromatic carbocycles. The van der Waals surface area contributed by atoms with Crippen molar-refractivity contribution in [3.05, 3.63) is 30.5 Å². The number of nitrogens with zero attached hydrogens (tertiary/aromatic N) is 3. The predicted molar refractivity (Wildman–Crippen MR) is 102 cm³/mol. The molecule has 1 saturated carbocycles. The number of hydrogen-bond acceptors (Lipinski definition) is 4. The van der Waals surface area contributed by atoms with Crippen LogP contribution in [0.2, 0.25) is 0 Å².